The summed E-state index contributed by atoms with van der Waals surface area (Å²) in [5.74, 6) is 0.338. The number of hydrogen-bond acceptors (Lipinski definition) is 3. The van der Waals surface area contributed by atoms with Gasteiger partial charge in [-0.3, -0.25) is 14.7 Å². The summed E-state index contributed by atoms with van der Waals surface area (Å²) in [6, 6.07) is 16.4. The number of pyridine rings is 1. The third-order valence-electron chi connectivity index (χ3n) is 3.80. The molecule has 1 aromatic carbocycles. The predicted molar refractivity (Wildman–Crippen MR) is 78.1 cm³/mol. The van der Waals surface area contributed by atoms with Crippen LogP contribution >= 0.6 is 0 Å². The van der Waals surface area contributed by atoms with Crippen LogP contribution < -0.4 is 0 Å². The molecule has 1 aromatic heterocycles. The van der Waals surface area contributed by atoms with Crippen molar-refractivity contribution in [2.24, 2.45) is 0 Å². The Bertz CT molecular complexity index is 568. The van der Waals surface area contributed by atoms with E-state index < -0.39 is 0 Å². The second kappa shape index (κ2) is 5.97. The zero-order chi connectivity index (χ0) is 13.8. The Balaban J connectivity index is 1.82. The summed E-state index contributed by atoms with van der Waals surface area (Å²) >= 11 is 0. The summed E-state index contributed by atoms with van der Waals surface area (Å²) in [4.78, 5) is 18.6. The molecule has 3 heteroatoms. The van der Waals surface area contributed by atoms with Gasteiger partial charge < -0.3 is 0 Å². The molecule has 1 fully saturated rings. The first-order valence-electron chi connectivity index (χ1n) is 7.03. The van der Waals surface area contributed by atoms with Gasteiger partial charge in [-0.1, -0.05) is 36.4 Å². The first-order valence-corrected chi connectivity index (χ1v) is 7.03. The van der Waals surface area contributed by atoms with Gasteiger partial charge in [-0.25, -0.2) is 0 Å². The average molecular weight is 266 g/mol. The molecule has 0 radical (unpaired) electrons. The monoisotopic (exact) mass is 266 g/mol. The summed E-state index contributed by atoms with van der Waals surface area (Å²) < 4.78 is 0. The number of carbonyl (C=O) groups is 1. The van der Waals surface area contributed by atoms with Crippen LogP contribution in [-0.2, 0) is 11.3 Å². The van der Waals surface area contributed by atoms with Crippen molar-refractivity contribution in [3.05, 3.63) is 66.0 Å². The Morgan fingerprint density at radius 1 is 1.10 bits per heavy atom. The van der Waals surface area contributed by atoms with Crippen LogP contribution in [0.2, 0.25) is 0 Å². The van der Waals surface area contributed by atoms with E-state index in [2.05, 4.69) is 34.1 Å². The maximum absolute atomic E-state index is 11.8. The minimum Gasteiger partial charge on any atom is -0.300 e. The fourth-order valence-electron chi connectivity index (χ4n) is 2.74. The molecule has 3 nitrogen and oxygen atoms in total. The number of aromatic nitrogens is 1. The lowest BCUT2D eigenvalue weighted by Gasteiger charge is -2.34. The van der Waals surface area contributed by atoms with Crippen molar-refractivity contribution in [1.29, 1.82) is 0 Å². The molecule has 1 aliphatic rings. The Kier molecular flexibility index (Phi) is 3.88. The van der Waals surface area contributed by atoms with E-state index in [0.717, 1.165) is 18.8 Å². The number of carbonyl (C=O) groups excluding carboxylic acids is 1. The average Bonchev–Trinajstić information content (AvgIpc) is 2.51. The normalized spacial score (nSPS) is 20.0. The number of rotatable bonds is 3. The van der Waals surface area contributed by atoms with Crippen LogP contribution in [0.4, 0.5) is 0 Å². The van der Waals surface area contributed by atoms with Gasteiger partial charge in [0.05, 0.1) is 11.7 Å². The maximum Gasteiger partial charge on any atom is 0.136 e. The van der Waals surface area contributed by atoms with Crippen molar-refractivity contribution in [1.82, 2.24) is 9.88 Å². The second-order valence-electron chi connectivity index (χ2n) is 5.22. The first-order chi connectivity index (χ1) is 9.83. The van der Waals surface area contributed by atoms with Gasteiger partial charge in [-0.2, -0.15) is 0 Å². The summed E-state index contributed by atoms with van der Waals surface area (Å²) in [6.07, 6.45) is 3.02. The largest absolute Gasteiger partial charge is 0.300 e. The predicted octanol–water partition coefficient (Wildman–Crippen LogP) is 2.99. The lowest BCUT2D eigenvalue weighted by atomic mass is 9.97. The number of Topliss-reactive ketones (excluding diaryl/α,β-unsaturated/α-hetero) is 1. The second-order valence-corrected chi connectivity index (χ2v) is 5.22. The molecule has 102 valence electrons. The molecule has 0 aliphatic carbocycles. The van der Waals surface area contributed by atoms with E-state index in [9.17, 15) is 4.79 Å². The molecule has 2 heterocycles. The molecule has 0 N–H and O–H groups in total. The molecule has 0 amide bonds. The minimum atomic E-state index is 0.109. The highest BCUT2D eigenvalue weighted by atomic mass is 16.1. The topological polar surface area (TPSA) is 33.2 Å². The van der Waals surface area contributed by atoms with E-state index in [4.69, 9.17) is 0 Å². The summed E-state index contributed by atoms with van der Waals surface area (Å²) in [6.45, 7) is 1.68. The minimum absolute atomic E-state index is 0.109. The molecule has 20 heavy (non-hydrogen) atoms. The molecular formula is C17H18N2O. The lowest BCUT2D eigenvalue weighted by molar-refractivity contribution is -0.123. The summed E-state index contributed by atoms with van der Waals surface area (Å²) in [7, 11) is 0. The number of ketones is 1. The lowest BCUT2D eigenvalue weighted by Crippen LogP contribution is -2.37. The van der Waals surface area contributed by atoms with E-state index in [1.165, 1.54) is 5.56 Å². The Morgan fingerprint density at radius 2 is 1.90 bits per heavy atom. The number of likely N-dealkylation sites (tertiary alicyclic amines) is 1. The van der Waals surface area contributed by atoms with Gasteiger partial charge >= 0.3 is 0 Å². The zero-order valence-electron chi connectivity index (χ0n) is 11.4. The molecule has 1 unspecified atom stereocenters. The Labute approximate surface area is 119 Å². The van der Waals surface area contributed by atoms with Crippen LogP contribution in [0.15, 0.2) is 54.7 Å². The molecule has 1 aliphatic heterocycles. The van der Waals surface area contributed by atoms with E-state index in [1.807, 2.05) is 24.3 Å². The van der Waals surface area contributed by atoms with Crippen molar-refractivity contribution in [3.8, 4) is 0 Å². The molecule has 0 spiro atoms. The molecule has 1 saturated heterocycles. The highest BCUT2D eigenvalue weighted by molar-refractivity contribution is 5.80. The van der Waals surface area contributed by atoms with Crippen molar-refractivity contribution in [3.63, 3.8) is 0 Å². The first kappa shape index (κ1) is 13.0. The van der Waals surface area contributed by atoms with Crippen LogP contribution in [0.1, 0.15) is 30.1 Å². The van der Waals surface area contributed by atoms with Crippen LogP contribution in [0.3, 0.4) is 0 Å². The Morgan fingerprint density at radius 3 is 2.65 bits per heavy atom. The highest BCUT2D eigenvalue weighted by Crippen LogP contribution is 2.29. The van der Waals surface area contributed by atoms with Crippen LogP contribution in [0.25, 0.3) is 0 Å². The molecule has 0 saturated carbocycles. The van der Waals surface area contributed by atoms with Gasteiger partial charge in [-0.05, 0) is 17.7 Å². The van der Waals surface area contributed by atoms with Gasteiger partial charge in [0.2, 0.25) is 0 Å². The third kappa shape index (κ3) is 2.94. The number of nitrogens with zero attached hydrogens (tertiary/aromatic N) is 2. The van der Waals surface area contributed by atoms with E-state index in [-0.39, 0.29) is 6.04 Å². The molecule has 2 aromatic rings. The number of piperidine rings is 1. The van der Waals surface area contributed by atoms with Crippen LogP contribution in [-0.4, -0.2) is 22.2 Å². The van der Waals surface area contributed by atoms with Crippen LogP contribution in [0.5, 0.6) is 0 Å². The molecule has 3 rings (SSSR count). The van der Waals surface area contributed by atoms with E-state index >= 15 is 0 Å². The quantitative estimate of drug-likeness (QED) is 0.856. The maximum atomic E-state index is 11.8. The van der Waals surface area contributed by atoms with E-state index in [1.54, 1.807) is 6.20 Å². The van der Waals surface area contributed by atoms with Crippen molar-refractivity contribution in [2.75, 3.05) is 6.54 Å². The Hall–Kier alpha value is -2.00. The van der Waals surface area contributed by atoms with Gasteiger partial charge in [0.25, 0.3) is 0 Å². The van der Waals surface area contributed by atoms with E-state index in [0.29, 0.717) is 18.6 Å². The van der Waals surface area contributed by atoms with Crippen LogP contribution in [0, 0.1) is 0 Å². The molecule has 0 bridgehead atoms. The van der Waals surface area contributed by atoms with Crippen molar-refractivity contribution >= 4 is 5.78 Å². The van der Waals surface area contributed by atoms with Gasteiger partial charge in [-0.15, -0.1) is 0 Å². The fraction of sp³-hybridized carbons (Fsp3) is 0.294. The molecular weight excluding hydrogens is 248 g/mol. The zero-order valence-corrected chi connectivity index (χ0v) is 11.4. The van der Waals surface area contributed by atoms with Crippen molar-refractivity contribution < 1.29 is 4.79 Å². The number of benzene rings is 1. The number of hydrogen-bond donors (Lipinski definition) is 0. The van der Waals surface area contributed by atoms with Gasteiger partial charge in [0.15, 0.2) is 0 Å². The van der Waals surface area contributed by atoms with Crippen molar-refractivity contribution in [2.45, 2.75) is 25.4 Å². The molecule has 1 atom stereocenters. The SMILES string of the molecule is O=C1CCN(Cc2ccccc2)C(c2ccccn2)C1. The standard InChI is InChI=1S/C17H18N2O/c20-15-9-11-19(13-14-6-2-1-3-7-14)17(12-15)16-8-4-5-10-18-16/h1-8,10,17H,9,11-13H2. The summed E-state index contributed by atoms with van der Waals surface area (Å²) in [5.41, 5.74) is 2.28. The summed E-state index contributed by atoms with van der Waals surface area (Å²) in [5, 5.41) is 0. The van der Waals surface area contributed by atoms with Gasteiger partial charge in [0, 0.05) is 32.1 Å². The highest BCUT2D eigenvalue weighted by Gasteiger charge is 2.28. The van der Waals surface area contributed by atoms with Gasteiger partial charge in [0.1, 0.15) is 5.78 Å². The smallest absolute Gasteiger partial charge is 0.136 e. The fourth-order valence-corrected chi connectivity index (χ4v) is 2.74. The third-order valence-corrected chi connectivity index (χ3v) is 3.80.